The molecular formula is C13H14N4O3. The normalized spacial score (nSPS) is 10.3. The summed E-state index contributed by atoms with van der Waals surface area (Å²) in [4.78, 5) is 26.4. The molecule has 0 saturated carbocycles. The van der Waals surface area contributed by atoms with E-state index in [1.165, 1.54) is 16.8 Å². The molecule has 7 heteroatoms. The summed E-state index contributed by atoms with van der Waals surface area (Å²) >= 11 is 0. The summed E-state index contributed by atoms with van der Waals surface area (Å²) in [7, 11) is 1.76. The van der Waals surface area contributed by atoms with Crippen LogP contribution in [0.25, 0.3) is 0 Å². The highest BCUT2D eigenvalue weighted by Crippen LogP contribution is 2.15. The van der Waals surface area contributed by atoms with Crippen LogP contribution in [0.4, 0.5) is 11.5 Å². The van der Waals surface area contributed by atoms with E-state index in [1.54, 1.807) is 26.2 Å². The summed E-state index contributed by atoms with van der Waals surface area (Å²) in [5.41, 5.74) is 0.819. The Balaban J connectivity index is 2.35. The van der Waals surface area contributed by atoms with Gasteiger partial charge in [0.1, 0.15) is 5.82 Å². The number of aromatic nitrogens is 2. The van der Waals surface area contributed by atoms with Gasteiger partial charge in [-0.2, -0.15) is 0 Å². The summed E-state index contributed by atoms with van der Waals surface area (Å²) in [5.74, 6) is 0.719. The first-order chi connectivity index (χ1) is 9.51. The van der Waals surface area contributed by atoms with Gasteiger partial charge in [-0.3, -0.25) is 14.9 Å². The molecule has 0 aliphatic heterocycles. The minimum Gasteiger partial charge on any atom is -0.373 e. The summed E-state index contributed by atoms with van der Waals surface area (Å²) < 4.78 is 1.31. The van der Waals surface area contributed by atoms with Gasteiger partial charge in [0.2, 0.25) is 0 Å². The predicted octanol–water partition coefficient (Wildman–Crippen LogP) is 1.55. The number of nitrogens with zero attached hydrogens (tertiary/aromatic N) is 3. The largest absolute Gasteiger partial charge is 0.373 e. The fourth-order valence-electron chi connectivity index (χ4n) is 1.83. The zero-order valence-electron chi connectivity index (χ0n) is 11.2. The molecule has 2 aromatic heterocycles. The molecule has 2 rings (SSSR count). The van der Waals surface area contributed by atoms with Crippen molar-refractivity contribution in [2.75, 3.05) is 12.4 Å². The van der Waals surface area contributed by atoms with Crippen LogP contribution in [0.15, 0.2) is 35.4 Å². The van der Waals surface area contributed by atoms with Crippen molar-refractivity contribution in [3.05, 3.63) is 62.2 Å². The molecule has 7 nitrogen and oxygen atoms in total. The fourth-order valence-corrected chi connectivity index (χ4v) is 1.83. The molecule has 0 aliphatic carbocycles. The van der Waals surface area contributed by atoms with Crippen molar-refractivity contribution in [1.29, 1.82) is 0 Å². The average molecular weight is 274 g/mol. The Morgan fingerprint density at radius 2 is 2.20 bits per heavy atom. The Morgan fingerprint density at radius 3 is 2.75 bits per heavy atom. The molecule has 0 radical (unpaired) electrons. The van der Waals surface area contributed by atoms with Gasteiger partial charge in [0.25, 0.3) is 11.2 Å². The Labute approximate surface area is 115 Å². The predicted molar refractivity (Wildman–Crippen MR) is 75.0 cm³/mol. The van der Waals surface area contributed by atoms with Gasteiger partial charge in [0.15, 0.2) is 0 Å². The van der Waals surface area contributed by atoms with Gasteiger partial charge in [0, 0.05) is 24.9 Å². The molecule has 2 heterocycles. The van der Waals surface area contributed by atoms with Gasteiger partial charge in [-0.15, -0.1) is 0 Å². The lowest BCUT2D eigenvalue weighted by Crippen LogP contribution is -2.20. The van der Waals surface area contributed by atoms with Crippen LogP contribution in [0.2, 0.25) is 0 Å². The summed E-state index contributed by atoms with van der Waals surface area (Å²) in [6.45, 7) is 1.80. The third kappa shape index (κ3) is 2.82. The molecule has 20 heavy (non-hydrogen) atoms. The lowest BCUT2D eigenvalue weighted by Gasteiger charge is -2.07. The number of nitrogens with one attached hydrogen (secondary N) is 1. The van der Waals surface area contributed by atoms with E-state index in [9.17, 15) is 14.9 Å². The Hall–Kier alpha value is -2.70. The van der Waals surface area contributed by atoms with Crippen LogP contribution in [0.5, 0.6) is 0 Å². The second kappa shape index (κ2) is 5.52. The van der Waals surface area contributed by atoms with Crippen LogP contribution < -0.4 is 10.9 Å². The van der Waals surface area contributed by atoms with Crippen molar-refractivity contribution in [3.63, 3.8) is 0 Å². The van der Waals surface area contributed by atoms with Crippen LogP contribution in [0.1, 0.15) is 11.1 Å². The van der Waals surface area contributed by atoms with Gasteiger partial charge in [-0.05, 0) is 18.6 Å². The monoisotopic (exact) mass is 274 g/mol. The van der Waals surface area contributed by atoms with Crippen molar-refractivity contribution in [1.82, 2.24) is 9.55 Å². The lowest BCUT2D eigenvalue weighted by molar-refractivity contribution is -0.385. The first-order valence-corrected chi connectivity index (χ1v) is 5.99. The number of hydrogen-bond donors (Lipinski definition) is 1. The van der Waals surface area contributed by atoms with Gasteiger partial charge >= 0.3 is 0 Å². The molecule has 0 atom stereocenters. The maximum Gasteiger partial charge on any atom is 0.288 e. The van der Waals surface area contributed by atoms with Crippen LogP contribution in [0, 0.1) is 17.0 Å². The summed E-state index contributed by atoms with van der Waals surface area (Å²) in [6, 6.07) is 4.87. The van der Waals surface area contributed by atoms with Crippen molar-refractivity contribution >= 4 is 11.5 Å². The maximum absolute atomic E-state index is 11.8. The minimum absolute atomic E-state index is 0.0654. The maximum atomic E-state index is 11.8. The van der Waals surface area contributed by atoms with Gasteiger partial charge in [-0.1, -0.05) is 6.07 Å². The zero-order chi connectivity index (χ0) is 14.7. The van der Waals surface area contributed by atoms with Crippen LogP contribution >= 0.6 is 0 Å². The van der Waals surface area contributed by atoms with E-state index in [2.05, 4.69) is 10.3 Å². The van der Waals surface area contributed by atoms with Crippen molar-refractivity contribution in [2.24, 2.45) is 0 Å². The SMILES string of the molecule is CNc1ccc(Cn2cc([N+](=O)[O-])c(C)cc2=O)cn1. The van der Waals surface area contributed by atoms with Crippen LogP contribution in [-0.2, 0) is 6.54 Å². The van der Waals surface area contributed by atoms with E-state index in [4.69, 9.17) is 0 Å². The average Bonchev–Trinajstić information content (AvgIpc) is 2.42. The van der Waals surface area contributed by atoms with Crippen LogP contribution in [-0.4, -0.2) is 21.5 Å². The van der Waals surface area contributed by atoms with Crippen molar-refractivity contribution in [2.45, 2.75) is 13.5 Å². The Bertz CT molecular complexity index is 692. The number of pyridine rings is 2. The summed E-state index contributed by atoms with van der Waals surface area (Å²) in [5, 5.41) is 13.8. The van der Waals surface area contributed by atoms with E-state index in [0.29, 0.717) is 5.56 Å². The van der Waals surface area contributed by atoms with Gasteiger partial charge in [0.05, 0.1) is 17.7 Å². The molecule has 0 amide bonds. The number of rotatable bonds is 4. The number of anilines is 1. The molecule has 0 bridgehead atoms. The molecule has 0 saturated heterocycles. The zero-order valence-corrected chi connectivity index (χ0v) is 11.2. The van der Waals surface area contributed by atoms with Crippen molar-refractivity contribution < 1.29 is 4.92 Å². The van der Waals surface area contributed by atoms with E-state index in [-0.39, 0.29) is 17.8 Å². The standard InChI is InChI=1S/C13H14N4O3/c1-9-5-13(18)16(8-11(9)17(19)20)7-10-3-4-12(14-2)15-6-10/h3-6,8H,7H2,1-2H3,(H,14,15). The van der Waals surface area contributed by atoms with E-state index >= 15 is 0 Å². The highest BCUT2D eigenvalue weighted by molar-refractivity contribution is 5.37. The topological polar surface area (TPSA) is 90.1 Å². The number of nitro groups is 1. The van der Waals surface area contributed by atoms with Crippen molar-refractivity contribution in [3.8, 4) is 0 Å². The Kier molecular flexibility index (Phi) is 3.79. The third-order valence-corrected chi connectivity index (χ3v) is 2.94. The third-order valence-electron chi connectivity index (χ3n) is 2.94. The molecule has 104 valence electrons. The molecule has 0 spiro atoms. The number of hydrogen-bond acceptors (Lipinski definition) is 5. The molecule has 0 aromatic carbocycles. The molecule has 0 aliphatic rings. The highest BCUT2D eigenvalue weighted by atomic mass is 16.6. The molecule has 2 aromatic rings. The molecule has 0 unspecified atom stereocenters. The second-order valence-corrected chi connectivity index (χ2v) is 4.37. The van der Waals surface area contributed by atoms with E-state index in [1.807, 2.05) is 6.07 Å². The van der Waals surface area contributed by atoms with Crippen LogP contribution in [0.3, 0.4) is 0 Å². The van der Waals surface area contributed by atoms with E-state index < -0.39 is 4.92 Å². The van der Waals surface area contributed by atoms with Gasteiger partial charge in [-0.25, -0.2) is 4.98 Å². The second-order valence-electron chi connectivity index (χ2n) is 4.37. The smallest absolute Gasteiger partial charge is 0.288 e. The highest BCUT2D eigenvalue weighted by Gasteiger charge is 2.13. The number of aryl methyl sites for hydroxylation is 1. The first-order valence-electron chi connectivity index (χ1n) is 5.99. The first kappa shape index (κ1) is 13.7. The lowest BCUT2D eigenvalue weighted by atomic mass is 10.2. The van der Waals surface area contributed by atoms with Gasteiger partial charge < -0.3 is 9.88 Å². The summed E-state index contributed by atoms with van der Waals surface area (Å²) in [6.07, 6.45) is 2.90. The molecule has 0 fully saturated rings. The van der Waals surface area contributed by atoms with E-state index in [0.717, 1.165) is 11.4 Å². The molecular weight excluding hydrogens is 260 g/mol. The molecule has 1 N–H and O–H groups in total. The quantitative estimate of drug-likeness (QED) is 0.674. The minimum atomic E-state index is -0.492. The Morgan fingerprint density at radius 1 is 1.45 bits per heavy atom. The fraction of sp³-hybridized carbons (Fsp3) is 0.231.